The highest BCUT2D eigenvalue weighted by molar-refractivity contribution is 5.79. The van der Waals surface area contributed by atoms with E-state index in [1.54, 1.807) is 0 Å². The zero-order valence-corrected chi connectivity index (χ0v) is 8.89. The van der Waals surface area contributed by atoms with Gasteiger partial charge in [-0.2, -0.15) is 0 Å². The summed E-state index contributed by atoms with van der Waals surface area (Å²) in [5.41, 5.74) is 1.05. The fraction of sp³-hybridized carbons (Fsp3) is 0.308. The van der Waals surface area contributed by atoms with Gasteiger partial charge in [0.1, 0.15) is 5.78 Å². The summed E-state index contributed by atoms with van der Waals surface area (Å²) in [6.07, 6.45) is 1.21. The molecule has 0 aliphatic heterocycles. The van der Waals surface area contributed by atoms with Crippen LogP contribution in [0.2, 0.25) is 0 Å². The van der Waals surface area contributed by atoms with Gasteiger partial charge in [0, 0.05) is 0 Å². The molecule has 1 rings (SSSR count). The molecule has 0 fully saturated rings. The van der Waals surface area contributed by atoms with Crippen molar-refractivity contribution in [3.63, 3.8) is 0 Å². The van der Waals surface area contributed by atoms with Gasteiger partial charge in [0.25, 0.3) is 0 Å². The summed E-state index contributed by atoms with van der Waals surface area (Å²) >= 11 is 0. The van der Waals surface area contributed by atoms with E-state index < -0.39 is 6.10 Å². The van der Waals surface area contributed by atoms with Crippen molar-refractivity contribution < 1.29 is 9.90 Å². The summed E-state index contributed by atoms with van der Waals surface area (Å²) in [6.45, 7) is 5.00. The molecule has 1 aromatic rings. The van der Waals surface area contributed by atoms with Crippen LogP contribution in [0.1, 0.15) is 12.5 Å². The minimum Gasteiger partial charge on any atom is -0.388 e. The van der Waals surface area contributed by atoms with E-state index >= 15 is 0 Å². The number of carbonyl (C=O) groups is 1. The van der Waals surface area contributed by atoms with E-state index in [1.807, 2.05) is 30.3 Å². The number of aliphatic hydroxyl groups excluding tert-OH is 1. The van der Waals surface area contributed by atoms with Gasteiger partial charge in [-0.1, -0.05) is 36.4 Å². The lowest BCUT2D eigenvalue weighted by Crippen LogP contribution is -2.26. The lowest BCUT2D eigenvalue weighted by molar-refractivity contribution is -0.123. The molecule has 0 spiro atoms. The first-order valence-electron chi connectivity index (χ1n) is 5.00. The molecule has 2 unspecified atom stereocenters. The van der Waals surface area contributed by atoms with Gasteiger partial charge in [-0.05, 0) is 18.9 Å². The van der Waals surface area contributed by atoms with Crippen molar-refractivity contribution in [2.45, 2.75) is 19.4 Å². The van der Waals surface area contributed by atoms with Crippen LogP contribution in [0, 0.1) is 5.92 Å². The number of Topliss-reactive ketones (excluding diaryl/α,β-unsaturated/α-hetero) is 1. The van der Waals surface area contributed by atoms with Crippen LogP contribution < -0.4 is 0 Å². The number of benzene rings is 1. The average molecular weight is 204 g/mol. The number of hydrogen-bond donors (Lipinski definition) is 1. The Labute approximate surface area is 90.3 Å². The fourth-order valence-corrected chi connectivity index (χ4v) is 1.54. The maximum Gasteiger partial charge on any atom is 0.136 e. The molecule has 2 atom stereocenters. The average Bonchev–Trinajstić information content (AvgIpc) is 2.26. The van der Waals surface area contributed by atoms with Crippen molar-refractivity contribution in [3.05, 3.63) is 48.6 Å². The molecule has 1 aromatic carbocycles. The highest BCUT2D eigenvalue weighted by Crippen LogP contribution is 2.14. The predicted octanol–water partition coefficient (Wildman–Crippen LogP) is 1.98. The molecule has 0 saturated heterocycles. The van der Waals surface area contributed by atoms with Crippen molar-refractivity contribution in [3.8, 4) is 0 Å². The molecule has 80 valence electrons. The monoisotopic (exact) mass is 204 g/mol. The van der Waals surface area contributed by atoms with Gasteiger partial charge in [-0.25, -0.2) is 0 Å². The molecule has 0 aromatic heterocycles. The molecule has 2 nitrogen and oxygen atoms in total. The first kappa shape index (κ1) is 11.7. The third-order valence-corrected chi connectivity index (χ3v) is 2.47. The lowest BCUT2D eigenvalue weighted by Gasteiger charge is -2.17. The Morgan fingerprint density at radius 1 is 1.47 bits per heavy atom. The molecule has 1 N–H and O–H groups in total. The minimum atomic E-state index is -0.761. The van der Waals surface area contributed by atoms with Crippen LogP contribution in [0.25, 0.3) is 0 Å². The Balaban J connectivity index is 2.76. The molecule has 0 amide bonds. The second kappa shape index (κ2) is 5.47. The summed E-state index contributed by atoms with van der Waals surface area (Å²) in [6, 6.07) is 9.67. The van der Waals surface area contributed by atoms with Crippen molar-refractivity contribution in [2.75, 3.05) is 0 Å². The minimum absolute atomic E-state index is 0.00810. The Kier molecular flexibility index (Phi) is 4.25. The zero-order chi connectivity index (χ0) is 11.3. The molecule has 0 radical (unpaired) electrons. The first-order chi connectivity index (χ1) is 7.15. The maximum atomic E-state index is 11.3. The van der Waals surface area contributed by atoms with E-state index in [4.69, 9.17) is 0 Å². The van der Waals surface area contributed by atoms with Gasteiger partial charge >= 0.3 is 0 Å². The molecular weight excluding hydrogens is 188 g/mol. The normalized spacial score (nSPS) is 14.3. The molecule has 0 saturated carbocycles. The highest BCUT2D eigenvalue weighted by atomic mass is 16.3. The largest absolute Gasteiger partial charge is 0.388 e. The van der Waals surface area contributed by atoms with Crippen molar-refractivity contribution >= 4 is 5.78 Å². The summed E-state index contributed by atoms with van der Waals surface area (Å²) in [5, 5.41) is 9.61. The highest BCUT2D eigenvalue weighted by Gasteiger charge is 2.21. The van der Waals surface area contributed by atoms with E-state index in [0.29, 0.717) is 6.42 Å². The number of hydrogen-bond acceptors (Lipinski definition) is 2. The van der Waals surface area contributed by atoms with Crippen LogP contribution in [0.3, 0.4) is 0 Å². The van der Waals surface area contributed by atoms with E-state index in [1.165, 1.54) is 13.0 Å². The van der Waals surface area contributed by atoms with Gasteiger partial charge in [0.05, 0.1) is 12.0 Å². The van der Waals surface area contributed by atoms with Crippen LogP contribution in [-0.2, 0) is 11.2 Å². The summed E-state index contributed by atoms with van der Waals surface area (Å²) in [4.78, 5) is 11.3. The summed E-state index contributed by atoms with van der Waals surface area (Å²) in [7, 11) is 0. The molecular formula is C13H16O2. The Bertz CT molecular complexity index is 330. The SMILES string of the molecule is C=CC(O)C(Cc1ccccc1)C(C)=O. The number of rotatable bonds is 5. The summed E-state index contributed by atoms with van der Waals surface area (Å²) in [5.74, 6) is -0.392. The van der Waals surface area contributed by atoms with Crippen LogP contribution in [0.5, 0.6) is 0 Å². The third kappa shape index (κ3) is 3.33. The Morgan fingerprint density at radius 2 is 2.07 bits per heavy atom. The van der Waals surface area contributed by atoms with Crippen LogP contribution in [-0.4, -0.2) is 17.0 Å². The molecule has 0 aliphatic rings. The van der Waals surface area contributed by atoms with Crippen molar-refractivity contribution in [1.29, 1.82) is 0 Å². The molecule has 15 heavy (non-hydrogen) atoms. The second-order valence-electron chi connectivity index (χ2n) is 3.63. The Hall–Kier alpha value is -1.41. The standard InChI is InChI=1S/C13H16O2/c1-3-13(15)12(10(2)14)9-11-7-5-4-6-8-11/h3-8,12-13,15H,1,9H2,2H3. The molecule has 2 heteroatoms. The number of aliphatic hydroxyl groups is 1. The lowest BCUT2D eigenvalue weighted by atomic mass is 9.91. The van der Waals surface area contributed by atoms with Gasteiger partial charge in [-0.3, -0.25) is 4.79 Å². The van der Waals surface area contributed by atoms with Crippen LogP contribution in [0.15, 0.2) is 43.0 Å². The van der Waals surface area contributed by atoms with E-state index in [9.17, 15) is 9.90 Å². The third-order valence-electron chi connectivity index (χ3n) is 2.47. The van der Waals surface area contributed by atoms with Gasteiger partial charge in [0.15, 0.2) is 0 Å². The smallest absolute Gasteiger partial charge is 0.136 e. The van der Waals surface area contributed by atoms with Crippen molar-refractivity contribution in [1.82, 2.24) is 0 Å². The Morgan fingerprint density at radius 3 is 2.53 bits per heavy atom. The number of carbonyl (C=O) groups excluding carboxylic acids is 1. The number of ketones is 1. The topological polar surface area (TPSA) is 37.3 Å². The maximum absolute atomic E-state index is 11.3. The second-order valence-corrected chi connectivity index (χ2v) is 3.63. The quantitative estimate of drug-likeness (QED) is 0.745. The van der Waals surface area contributed by atoms with Gasteiger partial charge in [0.2, 0.25) is 0 Å². The van der Waals surface area contributed by atoms with Gasteiger partial charge in [-0.15, -0.1) is 6.58 Å². The van der Waals surface area contributed by atoms with Crippen molar-refractivity contribution in [2.24, 2.45) is 5.92 Å². The molecule has 0 bridgehead atoms. The summed E-state index contributed by atoms with van der Waals surface area (Å²) < 4.78 is 0. The van der Waals surface area contributed by atoms with E-state index in [-0.39, 0.29) is 11.7 Å². The fourth-order valence-electron chi connectivity index (χ4n) is 1.54. The van der Waals surface area contributed by atoms with Crippen LogP contribution in [0.4, 0.5) is 0 Å². The molecule has 0 heterocycles. The first-order valence-corrected chi connectivity index (χ1v) is 5.00. The van der Waals surface area contributed by atoms with Gasteiger partial charge < -0.3 is 5.11 Å². The van der Waals surface area contributed by atoms with E-state index in [0.717, 1.165) is 5.56 Å². The zero-order valence-electron chi connectivity index (χ0n) is 8.89. The van der Waals surface area contributed by atoms with Crippen LogP contribution >= 0.6 is 0 Å². The predicted molar refractivity (Wildman–Crippen MR) is 60.5 cm³/mol. The van der Waals surface area contributed by atoms with E-state index in [2.05, 4.69) is 6.58 Å². The molecule has 0 aliphatic carbocycles.